The molecule has 0 bridgehead atoms. The van der Waals surface area contributed by atoms with Gasteiger partial charge in [0.25, 0.3) is 0 Å². The molecule has 0 saturated carbocycles. The van der Waals surface area contributed by atoms with Gasteiger partial charge in [-0.05, 0) is 30.5 Å². The van der Waals surface area contributed by atoms with Crippen LogP contribution in [0.5, 0.6) is 0 Å². The maximum absolute atomic E-state index is 12.0. The fourth-order valence-corrected chi connectivity index (χ4v) is 4.15. The van der Waals surface area contributed by atoms with E-state index in [0.29, 0.717) is 30.1 Å². The van der Waals surface area contributed by atoms with Crippen LogP contribution in [0.3, 0.4) is 0 Å². The molecular formula is C16H23N5O2S. The van der Waals surface area contributed by atoms with E-state index >= 15 is 0 Å². The number of nitrogens with two attached hydrogens (primary N) is 2. The molecule has 2 heterocycles. The summed E-state index contributed by atoms with van der Waals surface area (Å²) < 4.78 is 25.4. The predicted molar refractivity (Wildman–Crippen MR) is 96.0 cm³/mol. The molecule has 0 saturated heterocycles. The lowest BCUT2D eigenvalue weighted by Crippen LogP contribution is -2.51. The Labute approximate surface area is 142 Å². The SMILES string of the molecule is CCCC1=CC(N)=NC(N)(c2ccc3c(c2)N(S(C)(=O)=O)CC3)N1. The summed E-state index contributed by atoms with van der Waals surface area (Å²) in [6.45, 7) is 2.52. The van der Waals surface area contributed by atoms with Crippen molar-refractivity contribution in [2.24, 2.45) is 16.5 Å². The molecule has 0 spiro atoms. The minimum atomic E-state index is -3.31. The number of sulfonamides is 1. The van der Waals surface area contributed by atoms with E-state index in [1.54, 1.807) is 12.1 Å². The fraction of sp³-hybridized carbons (Fsp3) is 0.438. The Bertz CT molecular complexity index is 831. The molecular weight excluding hydrogens is 326 g/mol. The number of nitrogens with one attached hydrogen (secondary N) is 1. The average molecular weight is 349 g/mol. The maximum atomic E-state index is 12.0. The molecule has 1 aromatic rings. The third kappa shape index (κ3) is 2.99. The fourth-order valence-electron chi connectivity index (χ4n) is 3.20. The highest BCUT2D eigenvalue weighted by molar-refractivity contribution is 7.92. The number of allylic oxidation sites excluding steroid dienone is 1. The van der Waals surface area contributed by atoms with Crippen LogP contribution in [-0.4, -0.2) is 27.1 Å². The molecule has 3 rings (SSSR count). The Morgan fingerprint density at radius 1 is 1.42 bits per heavy atom. The quantitative estimate of drug-likeness (QED) is 0.741. The number of fused-ring (bicyclic) bond motifs is 1. The number of nitrogens with zero attached hydrogens (tertiary/aromatic N) is 2. The number of hydrogen-bond donors (Lipinski definition) is 3. The third-order valence-electron chi connectivity index (χ3n) is 4.28. The molecule has 5 N–H and O–H groups in total. The van der Waals surface area contributed by atoms with E-state index in [1.165, 1.54) is 10.6 Å². The number of hydrogen-bond acceptors (Lipinski definition) is 6. The van der Waals surface area contributed by atoms with E-state index in [1.807, 2.05) is 12.1 Å². The number of aliphatic imine (C=N–C) groups is 1. The first kappa shape index (κ1) is 16.8. The number of amidine groups is 1. The molecule has 1 atom stereocenters. The van der Waals surface area contributed by atoms with Crippen molar-refractivity contribution < 1.29 is 8.42 Å². The summed E-state index contributed by atoms with van der Waals surface area (Å²) in [4.78, 5) is 4.35. The smallest absolute Gasteiger partial charge is 0.232 e. The predicted octanol–water partition coefficient (Wildman–Crippen LogP) is 0.722. The van der Waals surface area contributed by atoms with Gasteiger partial charge in [0.15, 0.2) is 0 Å². The number of benzene rings is 1. The Morgan fingerprint density at radius 2 is 2.17 bits per heavy atom. The van der Waals surface area contributed by atoms with Crippen LogP contribution in [0, 0.1) is 0 Å². The highest BCUT2D eigenvalue weighted by atomic mass is 32.2. The van der Waals surface area contributed by atoms with Gasteiger partial charge in [-0.2, -0.15) is 0 Å². The van der Waals surface area contributed by atoms with Crippen LogP contribution < -0.4 is 21.1 Å². The summed E-state index contributed by atoms with van der Waals surface area (Å²) >= 11 is 0. The molecule has 130 valence electrons. The topological polar surface area (TPSA) is 114 Å². The first-order valence-electron chi connectivity index (χ1n) is 7.97. The summed E-state index contributed by atoms with van der Waals surface area (Å²) in [6, 6.07) is 5.58. The Kier molecular flexibility index (Phi) is 4.05. The van der Waals surface area contributed by atoms with Crippen molar-refractivity contribution in [1.29, 1.82) is 0 Å². The van der Waals surface area contributed by atoms with Gasteiger partial charge in [0.05, 0.1) is 11.9 Å². The second-order valence-corrected chi connectivity index (χ2v) is 8.18. The van der Waals surface area contributed by atoms with Crippen molar-refractivity contribution in [3.8, 4) is 0 Å². The van der Waals surface area contributed by atoms with E-state index in [-0.39, 0.29) is 0 Å². The molecule has 2 aliphatic heterocycles. The maximum Gasteiger partial charge on any atom is 0.232 e. The largest absolute Gasteiger partial charge is 0.384 e. The summed E-state index contributed by atoms with van der Waals surface area (Å²) in [5.41, 5.74) is 15.6. The summed E-state index contributed by atoms with van der Waals surface area (Å²) in [6.07, 6.45) is 5.46. The summed E-state index contributed by atoms with van der Waals surface area (Å²) in [7, 11) is -3.31. The van der Waals surface area contributed by atoms with Gasteiger partial charge in [0.2, 0.25) is 15.8 Å². The highest BCUT2D eigenvalue weighted by Crippen LogP contribution is 2.34. The van der Waals surface area contributed by atoms with E-state index in [9.17, 15) is 8.42 Å². The molecule has 0 radical (unpaired) electrons. The molecule has 7 nitrogen and oxygen atoms in total. The Morgan fingerprint density at radius 3 is 2.83 bits per heavy atom. The third-order valence-corrected chi connectivity index (χ3v) is 5.46. The molecule has 0 fully saturated rings. The van der Waals surface area contributed by atoms with E-state index in [2.05, 4.69) is 17.2 Å². The lowest BCUT2D eigenvalue weighted by Gasteiger charge is -2.33. The van der Waals surface area contributed by atoms with Gasteiger partial charge < -0.3 is 11.1 Å². The molecule has 0 aliphatic carbocycles. The summed E-state index contributed by atoms with van der Waals surface area (Å²) in [5.74, 6) is -0.829. The minimum absolute atomic E-state index is 0.361. The van der Waals surface area contributed by atoms with Crippen LogP contribution in [0.25, 0.3) is 0 Å². The summed E-state index contributed by atoms with van der Waals surface area (Å²) in [5, 5.41) is 3.23. The van der Waals surface area contributed by atoms with Gasteiger partial charge in [0.1, 0.15) is 5.84 Å². The minimum Gasteiger partial charge on any atom is -0.384 e. The van der Waals surface area contributed by atoms with Crippen LogP contribution in [0.4, 0.5) is 5.69 Å². The standard InChI is InChI=1S/C16H23N5O2S/c1-3-4-13-10-15(17)20-16(18,19-13)12-6-5-11-7-8-21(14(11)9-12)24(2,22)23/h5-6,9-10,19H,3-4,7-8,18H2,1-2H3,(H2,17,20). The Hall–Kier alpha value is -2.06. The normalized spacial score (nSPS) is 23.4. The van der Waals surface area contributed by atoms with Gasteiger partial charge in [0, 0.05) is 17.8 Å². The average Bonchev–Trinajstić information content (AvgIpc) is 2.89. The molecule has 0 aromatic heterocycles. The highest BCUT2D eigenvalue weighted by Gasteiger charge is 2.33. The van der Waals surface area contributed by atoms with Crippen LogP contribution in [0.2, 0.25) is 0 Å². The zero-order valence-corrected chi connectivity index (χ0v) is 14.7. The number of rotatable bonds is 4. The van der Waals surface area contributed by atoms with Crippen molar-refractivity contribution >= 4 is 21.5 Å². The van der Waals surface area contributed by atoms with Crippen molar-refractivity contribution in [1.82, 2.24) is 5.32 Å². The lowest BCUT2D eigenvalue weighted by atomic mass is 10.0. The molecule has 24 heavy (non-hydrogen) atoms. The first-order chi connectivity index (χ1) is 11.2. The zero-order valence-electron chi connectivity index (χ0n) is 13.9. The Balaban J connectivity index is 2.01. The van der Waals surface area contributed by atoms with Crippen molar-refractivity contribution in [3.05, 3.63) is 41.1 Å². The van der Waals surface area contributed by atoms with Crippen molar-refractivity contribution in [3.63, 3.8) is 0 Å². The van der Waals surface area contributed by atoms with Gasteiger partial charge in [-0.3, -0.25) is 10.0 Å². The molecule has 1 aromatic carbocycles. The molecule has 0 amide bonds. The van der Waals surface area contributed by atoms with E-state index in [4.69, 9.17) is 11.5 Å². The van der Waals surface area contributed by atoms with Gasteiger partial charge in [-0.25, -0.2) is 13.4 Å². The van der Waals surface area contributed by atoms with E-state index < -0.39 is 15.8 Å². The van der Waals surface area contributed by atoms with Crippen LogP contribution in [-0.2, 0) is 22.2 Å². The molecule has 1 unspecified atom stereocenters. The lowest BCUT2D eigenvalue weighted by molar-refractivity contribution is 0.387. The monoisotopic (exact) mass is 349 g/mol. The van der Waals surface area contributed by atoms with Gasteiger partial charge in [-0.1, -0.05) is 25.5 Å². The second kappa shape index (κ2) is 5.78. The van der Waals surface area contributed by atoms with Crippen molar-refractivity contribution in [2.75, 3.05) is 17.1 Å². The van der Waals surface area contributed by atoms with Crippen LogP contribution in [0.1, 0.15) is 30.9 Å². The van der Waals surface area contributed by atoms with Crippen LogP contribution >= 0.6 is 0 Å². The van der Waals surface area contributed by atoms with Gasteiger partial charge in [-0.15, -0.1) is 0 Å². The van der Waals surface area contributed by atoms with Gasteiger partial charge >= 0.3 is 0 Å². The number of anilines is 1. The van der Waals surface area contributed by atoms with E-state index in [0.717, 1.165) is 24.1 Å². The molecule has 2 aliphatic rings. The first-order valence-corrected chi connectivity index (χ1v) is 9.82. The zero-order chi connectivity index (χ0) is 17.5. The second-order valence-electron chi connectivity index (χ2n) is 6.28. The molecule has 8 heteroatoms. The van der Waals surface area contributed by atoms with Crippen LogP contribution in [0.15, 0.2) is 35.0 Å². The van der Waals surface area contributed by atoms with Crippen molar-refractivity contribution in [2.45, 2.75) is 32.0 Å².